The van der Waals surface area contributed by atoms with E-state index in [0.717, 1.165) is 32.1 Å². The van der Waals surface area contributed by atoms with Gasteiger partial charge in [-0.1, -0.05) is 193 Å². The molecule has 8 N–H and O–H groups in total. The summed E-state index contributed by atoms with van der Waals surface area (Å²) < 4.78 is 11.0. The first-order chi connectivity index (χ1) is 28.7. The van der Waals surface area contributed by atoms with Crippen molar-refractivity contribution >= 4 is 5.91 Å². The van der Waals surface area contributed by atoms with Crippen LogP contribution in [-0.4, -0.2) is 110 Å². The van der Waals surface area contributed by atoms with Crippen LogP contribution < -0.4 is 5.32 Å². The van der Waals surface area contributed by atoms with E-state index in [0.29, 0.717) is 19.3 Å². The Morgan fingerprint density at radius 2 is 0.983 bits per heavy atom. The van der Waals surface area contributed by atoms with Crippen molar-refractivity contribution in [2.45, 2.75) is 274 Å². The number of unbranched alkanes of at least 4 members (excludes halogenated alkanes) is 27. The number of ether oxygens (including phenoxy) is 2. The predicted octanol–water partition coefficient (Wildman–Crippen LogP) is 8.45. The minimum absolute atomic E-state index is 0.261. The number of rotatable bonds is 41. The molecule has 9 unspecified atom stereocenters. The molecule has 0 aliphatic carbocycles. The molecule has 1 fully saturated rings. The molecule has 1 aliphatic heterocycles. The van der Waals surface area contributed by atoms with Gasteiger partial charge < -0.3 is 50.5 Å². The number of hydrogen-bond acceptors (Lipinski definition) is 10. The van der Waals surface area contributed by atoms with E-state index in [-0.39, 0.29) is 6.42 Å². The molecule has 0 saturated carbocycles. The zero-order valence-corrected chi connectivity index (χ0v) is 37.7. The second-order valence-electron chi connectivity index (χ2n) is 17.5. The molecular weight excluding hydrogens is 751 g/mol. The van der Waals surface area contributed by atoms with E-state index in [9.17, 15) is 40.5 Å². The highest BCUT2D eigenvalue weighted by molar-refractivity contribution is 5.80. The first-order valence-electron chi connectivity index (χ1n) is 24.6. The van der Waals surface area contributed by atoms with Gasteiger partial charge in [0.25, 0.3) is 0 Å². The van der Waals surface area contributed by atoms with Gasteiger partial charge in [-0.05, 0) is 38.5 Å². The second-order valence-corrected chi connectivity index (χ2v) is 17.5. The van der Waals surface area contributed by atoms with E-state index < -0.39 is 74.2 Å². The monoisotopic (exact) mass is 844 g/mol. The van der Waals surface area contributed by atoms with Crippen molar-refractivity contribution < 1.29 is 50.0 Å². The van der Waals surface area contributed by atoms with Crippen molar-refractivity contribution in [1.82, 2.24) is 5.32 Å². The summed E-state index contributed by atoms with van der Waals surface area (Å²) in [5, 5.41) is 74.7. The normalized spacial score (nSPS) is 21.8. The summed E-state index contributed by atoms with van der Waals surface area (Å²) in [5.74, 6) is -0.704. The van der Waals surface area contributed by atoms with Gasteiger partial charge in [-0.3, -0.25) is 4.79 Å². The lowest BCUT2D eigenvalue weighted by Gasteiger charge is -2.40. The number of carbonyl (C=O) groups is 1. The molecule has 11 heteroatoms. The fourth-order valence-corrected chi connectivity index (χ4v) is 7.96. The van der Waals surface area contributed by atoms with Crippen molar-refractivity contribution in [1.29, 1.82) is 0 Å². The predicted molar refractivity (Wildman–Crippen MR) is 238 cm³/mol. The molecular formula is C48H93NO10. The van der Waals surface area contributed by atoms with E-state index in [1.165, 1.54) is 148 Å². The Morgan fingerprint density at radius 3 is 1.44 bits per heavy atom. The van der Waals surface area contributed by atoms with Crippen molar-refractivity contribution in [3.63, 3.8) is 0 Å². The highest BCUT2D eigenvalue weighted by Gasteiger charge is 2.44. The van der Waals surface area contributed by atoms with Crippen LogP contribution in [0.1, 0.15) is 219 Å². The maximum Gasteiger partial charge on any atom is 0.249 e. The molecule has 1 amide bonds. The third-order valence-electron chi connectivity index (χ3n) is 12.1. The van der Waals surface area contributed by atoms with Gasteiger partial charge in [0.05, 0.1) is 25.4 Å². The topological polar surface area (TPSA) is 189 Å². The zero-order valence-electron chi connectivity index (χ0n) is 37.7. The number of aliphatic hydroxyl groups is 7. The molecule has 0 aromatic heterocycles. The van der Waals surface area contributed by atoms with Gasteiger partial charge >= 0.3 is 0 Å². The number of nitrogens with one attached hydrogen (secondary N) is 1. The Bertz CT molecular complexity index is 970. The first-order valence-corrected chi connectivity index (χ1v) is 24.6. The molecule has 1 rings (SSSR count). The molecule has 0 aromatic carbocycles. The zero-order chi connectivity index (χ0) is 43.4. The van der Waals surface area contributed by atoms with Gasteiger partial charge in [0, 0.05) is 0 Å². The minimum atomic E-state index is -1.65. The van der Waals surface area contributed by atoms with E-state index in [4.69, 9.17) is 9.47 Å². The highest BCUT2D eigenvalue weighted by Crippen LogP contribution is 2.23. The van der Waals surface area contributed by atoms with E-state index in [2.05, 4.69) is 24.4 Å². The lowest BCUT2D eigenvalue weighted by molar-refractivity contribution is -0.303. The van der Waals surface area contributed by atoms with Crippen molar-refractivity contribution in [2.75, 3.05) is 13.2 Å². The largest absolute Gasteiger partial charge is 0.394 e. The summed E-state index contributed by atoms with van der Waals surface area (Å²) in [4.78, 5) is 12.9. The standard InChI is InChI=1S/C48H93NO10/c1-3-5-7-8-9-10-11-12-13-14-15-16-17-18-19-20-21-22-23-24-25-26-27-28-29-30-31-32-34-36-41(52)47(57)49-39(43(53)40(51)35-33-6-4-2)38-58-48-46(56)45(55)44(54)42(37-50)59-48/h18-19,39-46,48,50-56H,3-17,20-38H2,1-2H3,(H,49,57)/b19-18-. The van der Waals surface area contributed by atoms with E-state index in [1.54, 1.807) is 0 Å². The Balaban J connectivity index is 2.10. The molecule has 0 spiro atoms. The van der Waals surface area contributed by atoms with Crippen LogP contribution in [0.4, 0.5) is 0 Å². The van der Waals surface area contributed by atoms with Gasteiger partial charge in [-0.25, -0.2) is 0 Å². The van der Waals surface area contributed by atoms with Crippen molar-refractivity contribution in [3.8, 4) is 0 Å². The van der Waals surface area contributed by atoms with Crippen LogP contribution in [0.2, 0.25) is 0 Å². The SMILES string of the molecule is CCCCCCCCCCCCCC/C=C\CCCCCCCCCCCCCCCC(O)C(=O)NC(COC1OC(CO)C(O)C(O)C1O)C(O)C(O)CCCCC. The summed E-state index contributed by atoms with van der Waals surface area (Å²) >= 11 is 0. The van der Waals surface area contributed by atoms with Crippen molar-refractivity contribution in [2.24, 2.45) is 0 Å². The molecule has 0 radical (unpaired) electrons. The molecule has 0 aromatic rings. The fourth-order valence-electron chi connectivity index (χ4n) is 7.96. The number of amides is 1. The fraction of sp³-hybridized carbons (Fsp3) is 0.938. The van der Waals surface area contributed by atoms with Crippen molar-refractivity contribution in [3.05, 3.63) is 12.2 Å². The summed E-state index contributed by atoms with van der Waals surface area (Å²) in [5.41, 5.74) is 0. The molecule has 9 atom stereocenters. The smallest absolute Gasteiger partial charge is 0.249 e. The second kappa shape index (κ2) is 38.5. The molecule has 59 heavy (non-hydrogen) atoms. The third-order valence-corrected chi connectivity index (χ3v) is 12.1. The van der Waals surface area contributed by atoms with Crippen LogP contribution in [0.15, 0.2) is 12.2 Å². The Kier molecular flexibility index (Phi) is 36.5. The quantitative estimate of drug-likeness (QED) is 0.0219. The molecule has 11 nitrogen and oxygen atoms in total. The first kappa shape index (κ1) is 55.9. The van der Waals surface area contributed by atoms with Crippen LogP contribution in [0, 0.1) is 0 Å². The lowest BCUT2D eigenvalue weighted by Crippen LogP contribution is -2.60. The van der Waals surface area contributed by atoms with Crippen LogP contribution in [0.5, 0.6) is 0 Å². The van der Waals surface area contributed by atoms with Gasteiger partial charge in [0.1, 0.15) is 36.6 Å². The average Bonchev–Trinajstić information content (AvgIpc) is 3.23. The molecule has 1 heterocycles. The van der Waals surface area contributed by atoms with Gasteiger partial charge in [0.15, 0.2) is 6.29 Å². The van der Waals surface area contributed by atoms with Gasteiger partial charge in [-0.2, -0.15) is 0 Å². The maximum absolute atomic E-state index is 12.9. The number of carbonyl (C=O) groups excluding carboxylic acids is 1. The molecule has 1 aliphatic rings. The summed E-state index contributed by atoms with van der Waals surface area (Å²) in [6.45, 7) is 3.25. The highest BCUT2D eigenvalue weighted by atomic mass is 16.7. The van der Waals surface area contributed by atoms with Crippen LogP contribution in [0.25, 0.3) is 0 Å². The molecule has 1 saturated heterocycles. The van der Waals surface area contributed by atoms with Gasteiger partial charge in [0.2, 0.25) is 5.91 Å². The van der Waals surface area contributed by atoms with Gasteiger partial charge in [-0.15, -0.1) is 0 Å². The van der Waals surface area contributed by atoms with E-state index in [1.807, 2.05) is 6.92 Å². The Labute approximate surface area is 360 Å². The molecule has 0 bridgehead atoms. The Morgan fingerprint density at radius 1 is 0.576 bits per heavy atom. The number of hydrogen-bond donors (Lipinski definition) is 8. The lowest BCUT2D eigenvalue weighted by atomic mass is 9.98. The maximum atomic E-state index is 12.9. The minimum Gasteiger partial charge on any atom is -0.394 e. The number of allylic oxidation sites excluding steroid dienone is 2. The summed E-state index contributed by atoms with van der Waals surface area (Å²) in [6, 6.07) is -1.16. The number of aliphatic hydroxyl groups excluding tert-OH is 7. The average molecular weight is 844 g/mol. The molecule has 350 valence electrons. The van der Waals surface area contributed by atoms with Crippen LogP contribution in [0.3, 0.4) is 0 Å². The summed E-state index contributed by atoms with van der Waals surface area (Å²) in [7, 11) is 0. The third kappa shape index (κ3) is 28.2. The van der Waals surface area contributed by atoms with Crippen LogP contribution in [-0.2, 0) is 14.3 Å². The Hall–Kier alpha value is -1.15. The van der Waals surface area contributed by atoms with E-state index >= 15 is 0 Å². The summed E-state index contributed by atoms with van der Waals surface area (Å²) in [6.07, 6.45) is 31.2. The van der Waals surface area contributed by atoms with Crippen LogP contribution >= 0.6 is 0 Å².